The van der Waals surface area contributed by atoms with Crippen LogP contribution in [0.2, 0.25) is 0 Å². The molecule has 1 fully saturated rings. The average molecular weight is 267 g/mol. The van der Waals surface area contributed by atoms with Gasteiger partial charge in [0.15, 0.2) is 0 Å². The van der Waals surface area contributed by atoms with Crippen LogP contribution in [0.4, 0.5) is 0 Å². The van der Waals surface area contributed by atoms with Gasteiger partial charge in [0.2, 0.25) is 0 Å². The quantitative estimate of drug-likeness (QED) is 0.633. The number of allylic oxidation sites excluding steroid dienone is 3. The van der Waals surface area contributed by atoms with Crippen molar-refractivity contribution in [2.45, 2.75) is 58.4 Å². The van der Waals surface area contributed by atoms with Crippen LogP contribution in [0.15, 0.2) is 23.4 Å². The molecule has 0 saturated heterocycles. The van der Waals surface area contributed by atoms with Crippen molar-refractivity contribution in [3.63, 3.8) is 0 Å². The van der Waals surface area contributed by atoms with E-state index < -0.39 is 0 Å². The van der Waals surface area contributed by atoms with Crippen molar-refractivity contribution in [3.05, 3.63) is 23.4 Å². The molecular formula is C16H29NS. The van der Waals surface area contributed by atoms with Crippen LogP contribution in [0.5, 0.6) is 0 Å². The fourth-order valence-corrected chi connectivity index (χ4v) is 3.13. The Kier molecular flexibility index (Phi) is 6.91. The second kappa shape index (κ2) is 7.93. The van der Waals surface area contributed by atoms with Crippen LogP contribution in [0.25, 0.3) is 0 Å². The predicted octanol–water partition coefficient (Wildman–Crippen LogP) is 4.85. The Morgan fingerprint density at radius 1 is 1.22 bits per heavy atom. The number of hydrogen-bond acceptors (Lipinski definition) is 2. The van der Waals surface area contributed by atoms with E-state index >= 15 is 0 Å². The van der Waals surface area contributed by atoms with Gasteiger partial charge >= 0.3 is 0 Å². The zero-order valence-electron chi connectivity index (χ0n) is 12.6. The largest absolute Gasteiger partial charge is 0.375 e. The fraction of sp³-hybridized carbons (Fsp3) is 0.750. The van der Waals surface area contributed by atoms with Gasteiger partial charge < -0.3 is 4.90 Å². The zero-order chi connectivity index (χ0) is 13.5. The van der Waals surface area contributed by atoms with E-state index in [0.717, 1.165) is 12.5 Å². The molecule has 0 N–H and O–H groups in total. The zero-order valence-corrected chi connectivity index (χ0v) is 13.4. The topological polar surface area (TPSA) is 3.24 Å². The SMILES string of the molecule is C=C(CCSC)/C(C)=C(\C)N(C)C1CCCCC1. The van der Waals surface area contributed by atoms with Gasteiger partial charge in [-0.2, -0.15) is 11.8 Å². The first-order valence-electron chi connectivity index (χ1n) is 7.15. The molecule has 0 heterocycles. The molecule has 2 heteroatoms. The van der Waals surface area contributed by atoms with Gasteiger partial charge in [0.1, 0.15) is 0 Å². The molecular weight excluding hydrogens is 238 g/mol. The maximum Gasteiger partial charge on any atom is 0.0283 e. The molecule has 0 spiro atoms. The Labute approximate surface area is 118 Å². The van der Waals surface area contributed by atoms with Gasteiger partial charge in [-0.05, 0) is 56.3 Å². The van der Waals surface area contributed by atoms with Gasteiger partial charge in [-0.3, -0.25) is 0 Å². The summed E-state index contributed by atoms with van der Waals surface area (Å²) in [5.41, 5.74) is 4.13. The highest BCUT2D eigenvalue weighted by Crippen LogP contribution is 2.27. The van der Waals surface area contributed by atoms with E-state index in [-0.39, 0.29) is 0 Å². The first-order valence-corrected chi connectivity index (χ1v) is 8.54. The van der Waals surface area contributed by atoms with Crippen LogP contribution in [0.1, 0.15) is 52.4 Å². The normalized spacial score (nSPS) is 18.4. The molecule has 0 aromatic carbocycles. The van der Waals surface area contributed by atoms with Crippen LogP contribution in [0, 0.1) is 0 Å². The van der Waals surface area contributed by atoms with E-state index in [0.29, 0.717) is 0 Å². The molecule has 1 aliphatic carbocycles. The number of thioether (sulfide) groups is 1. The van der Waals surface area contributed by atoms with Crippen molar-refractivity contribution in [1.29, 1.82) is 0 Å². The van der Waals surface area contributed by atoms with Crippen molar-refractivity contribution in [2.75, 3.05) is 19.1 Å². The van der Waals surface area contributed by atoms with E-state index in [1.165, 1.54) is 54.7 Å². The maximum atomic E-state index is 4.24. The molecule has 1 nitrogen and oxygen atoms in total. The van der Waals surface area contributed by atoms with Gasteiger partial charge in [-0.1, -0.05) is 25.8 Å². The Bertz CT molecular complexity index is 300. The van der Waals surface area contributed by atoms with Gasteiger partial charge in [0, 0.05) is 18.8 Å². The van der Waals surface area contributed by atoms with E-state index in [1.54, 1.807) is 0 Å². The van der Waals surface area contributed by atoms with Crippen LogP contribution < -0.4 is 0 Å². The minimum Gasteiger partial charge on any atom is -0.375 e. The Morgan fingerprint density at radius 3 is 2.39 bits per heavy atom. The van der Waals surface area contributed by atoms with E-state index in [1.807, 2.05) is 11.8 Å². The number of rotatable bonds is 6. The summed E-state index contributed by atoms with van der Waals surface area (Å²) in [7, 11) is 2.26. The molecule has 1 rings (SSSR count). The second-order valence-corrected chi connectivity index (χ2v) is 6.45. The van der Waals surface area contributed by atoms with Crippen molar-refractivity contribution >= 4 is 11.8 Å². The Balaban J connectivity index is 2.63. The summed E-state index contributed by atoms with van der Waals surface area (Å²) >= 11 is 1.90. The molecule has 0 aromatic rings. The smallest absolute Gasteiger partial charge is 0.0283 e. The van der Waals surface area contributed by atoms with Gasteiger partial charge in [0.25, 0.3) is 0 Å². The van der Waals surface area contributed by atoms with E-state index in [4.69, 9.17) is 0 Å². The minimum absolute atomic E-state index is 0.752. The molecule has 0 aromatic heterocycles. The molecule has 1 saturated carbocycles. The maximum absolute atomic E-state index is 4.24. The molecule has 0 bridgehead atoms. The standard InChI is InChI=1S/C16H29NS/c1-13(11-12-18-5)14(2)15(3)17(4)16-9-7-6-8-10-16/h16H,1,6-12H2,2-5H3/b15-14+. The lowest BCUT2D eigenvalue weighted by Crippen LogP contribution is -2.32. The minimum atomic E-state index is 0.752. The summed E-state index contributed by atoms with van der Waals surface area (Å²) in [6.45, 7) is 8.73. The van der Waals surface area contributed by atoms with Crippen molar-refractivity contribution < 1.29 is 0 Å². The van der Waals surface area contributed by atoms with Crippen molar-refractivity contribution in [3.8, 4) is 0 Å². The molecule has 104 valence electrons. The van der Waals surface area contributed by atoms with Crippen molar-refractivity contribution in [2.24, 2.45) is 0 Å². The third-order valence-electron chi connectivity index (χ3n) is 4.33. The van der Waals surface area contributed by atoms with E-state index in [9.17, 15) is 0 Å². The molecule has 18 heavy (non-hydrogen) atoms. The first kappa shape index (κ1) is 15.7. The summed E-state index contributed by atoms with van der Waals surface area (Å²) in [4.78, 5) is 2.50. The van der Waals surface area contributed by atoms with Crippen molar-refractivity contribution in [1.82, 2.24) is 4.90 Å². The highest BCUT2D eigenvalue weighted by Gasteiger charge is 2.19. The Morgan fingerprint density at radius 2 is 1.83 bits per heavy atom. The molecule has 0 atom stereocenters. The van der Waals surface area contributed by atoms with Crippen LogP contribution in [-0.2, 0) is 0 Å². The summed E-state index contributed by atoms with van der Waals surface area (Å²) in [5.74, 6) is 1.18. The highest BCUT2D eigenvalue weighted by atomic mass is 32.2. The summed E-state index contributed by atoms with van der Waals surface area (Å²) in [6, 6.07) is 0.752. The lowest BCUT2D eigenvalue weighted by Gasteiger charge is -2.34. The van der Waals surface area contributed by atoms with Gasteiger partial charge in [0.05, 0.1) is 0 Å². The summed E-state index contributed by atoms with van der Waals surface area (Å²) in [5, 5.41) is 0. The van der Waals surface area contributed by atoms with Crippen LogP contribution in [-0.4, -0.2) is 30.0 Å². The average Bonchev–Trinajstić information content (AvgIpc) is 2.43. The number of hydrogen-bond donors (Lipinski definition) is 0. The fourth-order valence-electron chi connectivity index (χ4n) is 2.68. The first-order chi connectivity index (χ1) is 8.57. The highest BCUT2D eigenvalue weighted by molar-refractivity contribution is 7.98. The van der Waals surface area contributed by atoms with Crippen LogP contribution in [0.3, 0.4) is 0 Å². The summed E-state index contributed by atoms with van der Waals surface area (Å²) < 4.78 is 0. The number of nitrogens with zero attached hydrogens (tertiary/aromatic N) is 1. The molecule has 0 unspecified atom stereocenters. The molecule has 1 aliphatic rings. The third kappa shape index (κ3) is 4.38. The molecule has 0 radical (unpaired) electrons. The monoisotopic (exact) mass is 267 g/mol. The predicted molar refractivity (Wildman–Crippen MR) is 85.1 cm³/mol. The third-order valence-corrected chi connectivity index (χ3v) is 4.94. The van der Waals surface area contributed by atoms with Crippen LogP contribution >= 0.6 is 11.8 Å². The Hall–Kier alpha value is -0.370. The molecule has 0 amide bonds. The lowest BCUT2D eigenvalue weighted by molar-refractivity contribution is 0.235. The van der Waals surface area contributed by atoms with E-state index in [2.05, 4.69) is 38.6 Å². The lowest BCUT2D eigenvalue weighted by atomic mass is 9.93. The van der Waals surface area contributed by atoms with Gasteiger partial charge in [-0.15, -0.1) is 0 Å². The summed E-state index contributed by atoms with van der Waals surface area (Å²) in [6.07, 6.45) is 10.2. The van der Waals surface area contributed by atoms with Gasteiger partial charge in [-0.25, -0.2) is 0 Å². The molecule has 0 aliphatic heterocycles. The second-order valence-electron chi connectivity index (χ2n) is 5.46.